The number of methoxy groups -OCH3 is 1. The van der Waals surface area contributed by atoms with Gasteiger partial charge < -0.3 is 26.4 Å². The van der Waals surface area contributed by atoms with Crippen LogP contribution in [0.15, 0.2) is 66.9 Å². The first kappa shape index (κ1) is 24.2. The first-order chi connectivity index (χ1) is 15.8. The van der Waals surface area contributed by atoms with E-state index in [2.05, 4.69) is 16.3 Å². The molecule has 174 valence electrons. The average molecular weight is 449 g/mol. The smallest absolute Gasteiger partial charge is 0.311 e. The van der Waals surface area contributed by atoms with Crippen LogP contribution in [-0.2, 0) is 16.0 Å². The van der Waals surface area contributed by atoms with Gasteiger partial charge in [-0.2, -0.15) is 0 Å². The molecule has 0 aliphatic carbocycles. The van der Waals surface area contributed by atoms with Crippen LogP contribution in [0.3, 0.4) is 0 Å². The van der Waals surface area contributed by atoms with Gasteiger partial charge >= 0.3 is 5.97 Å². The molecule has 0 aromatic heterocycles. The predicted octanol–water partition coefficient (Wildman–Crippen LogP) is 2.60. The molecule has 0 spiro atoms. The molecule has 7 nitrogen and oxygen atoms in total. The Balaban J connectivity index is 1.69. The first-order valence-corrected chi connectivity index (χ1v) is 11.0. The van der Waals surface area contributed by atoms with Gasteiger partial charge in [0.2, 0.25) is 0 Å². The van der Waals surface area contributed by atoms with E-state index in [1.165, 1.54) is 7.11 Å². The summed E-state index contributed by atoms with van der Waals surface area (Å²) in [7, 11) is 3.37. The highest BCUT2D eigenvalue weighted by atomic mass is 16.5. The largest absolute Gasteiger partial charge is 0.469 e. The molecule has 0 unspecified atom stereocenters. The van der Waals surface area contributed by atoms with Gasteiger partial charge in [-0.1, -0.05) is 42.5 Å². The summed E-state index contributed by atoms with van der Waals surface area (Å²) in [6.07, 6.45) is 6.02. The van der Waals surface area contributed by atoms with Crippen molar-refractivity contribution in [2.24, 2.45) is 17.4 Å². The highest BCUT2D eigenvalue weighted by Crippen LogP contribution is 2.21. The molecule has 1 heterocycles. The summed E-state index contributed by atoms with van der Waals surface area (Å²) in [5, 5.41) is 2.95. The monoisotopic (exact) mass is 448 g/mol. The fourth-order valence-electron chi connectivity index (χ4n) is 3.79. The lowest BCUT2D eigenvalue weighted by atomic mass is 9.91. The molecule has 0 fully saturated rings. The summed E-state index contributed by atoms with van der Waals surface area (Å²) in [5.41, 5.74) is 15.9. The molecule has 1 aliphatic heterocycles. The lowest BCUT2D eigenvalue weighted by Crippen LogP contribution is -2.42. The number of nitrogens with one attached hydrogen (secondary N) is 1. The number of hydrogen-bond donors (Lipinski definition) is 3. The Hall–Kier alpha value is -3.42. The lowest BCUT2D eigenvalue weighted by Gasteiger charge is -2.23. The molecule has 3 rings (SSSR count). The molecule has 1 aliphatic rings. The number of nitrogens with zero attached hydrogens (tertiary/aromatic N) is 1. The van der Waals surface area contributed by atoms with Gasteiger partial charge in [-0.25, -0.2) is 0 Å². The summed E-state index contributed by atoms with van der Waals surface area (Å²) in [6.45, 7) is 2.65. The SMILES string of the molecule is COC(=O)[C@H](Cc1cccc(C(N)N)c1)[C@@H](C)NC(=O)c1ccc(C2=CCN(C)C=C2)cc1. The molecular weight excluding hydrogens is 416 g/mol. The van der Waals surface area contributed by atoms with Crippen molar-refractivity contribution in [2.75, 3.05) is 20.7 Å². The minimum absolute atomic E-state index is 0.242. The van der Waals surface area contributed by atoms with Crippen molar-refractivity contribution >= 4 is 17.4 Å². The summed E-state index contributed by atoms with van der Waals surface area (Å²) < 4.78 is 5.01. The van der Waals surface area contributed by atoms with E-state index in [1.54, 1.807) is 19.1 Å². The van der Waals surface area contributed by atoms with E-state index in [0.29, 0.717) is 12.0 Å². The summed E-state index contributed by atoms with van der Waals surface area (Å²) in [6, 6.07) is 14.5. The Labute approximate surface area is 195 Å². The standard InChI is InChI=1S/C26H32N4O3/c1-17(23(26(32)33-3)16-18-5-4-6-22(15-18)24(27)28)29-25(31)21-9-7-19(8-10-21)20-11-13-30(2)14-12-20/h4-13,15,17,23-24H,14,16,27-28H2,1-3H3,(H,29,31)/t17-,23-/m1/s1. The number of hydrogen-bond acceptors (Lipinski definition) is 6. The number of esters is 1. The van der Waals surface area contributed by atoms with Crippen LogP contribution in [0.25, 0.3) is 5.57 Å². The fourth-order valence-corrected chi connectivity index (χ4v) is 3.79. The Morgan fingerprint density at radius 2 is 1.88 bits per heavy atom. The number of benzene rings is 2. The maximum atomic E-state index is 12.9. The van der Waals surface area contributed by atoms with Crippen molar-refractivity contribution in [3.05, 3.63) is 89.1 Å². The van der Waals surface area contributed by atoms with E-state index in [4.69, 9.17) is 16.2 Å². The highest BCUT2D eigenvalue weighted by molar-refractivity contribution is 5.95. The second-order valence-corrected chi connectivity index (χ2v) is 8.36. The molecule has 0 radical (unpaired) electrons. The third-order valence-electron chi connectivity index (χ3n) is 5.85. The lowest BCUT2D eigenvalue weighted by molar-refractivity contribution is -0.146. The van der Waals surface area contributed by atoms with Crippen LogP contribution in [0.2, 0.25) is 0 Å². The highest BCUT2D eigenvalue weighted by Gasteiger charge is 2.28. The van der Waals surface area contributed by atoms with Gasteiger partial charge in [0.25, 0.3) is 5.91 Å². The van der Waals surface area contributed by atoms with Crippen molar-refractivity contribution in [3.63, 3.8) is 0 Å². The van der Waals surface area contributed by atoms with Crippen molar-refractivity contribution in [3.8, 4) is 0 Å². The summed E-state index contributed by atoms with van der Waals surface area (Å²) >= 11 is 0. The number of amides is 1. The van der Waals surface area contributed by atoms with Gasteiger partial charge in [0.05, 0.1) is 19.2 Å². The molecule has 1 amide bonds. The zero-order valence-electron chi connectivity index (χ0n) is 19.3. The van der Waals surface area contributed by atoms with Gasteiger partial charge in [0.1, 0.15) is 0 Å². The number of allylic oxidation sites excluding steroid dienone is 2. The zero-order chi connectivity index (χ0) is 24.0. The van der Waals surface area contributed by atoms with E-state index < -0.39 is 18.1 Å². The second-order valence-electron chi connectivity index (χ2n) is 8.36. The summed E-state index contributed by atoms with van der Waals surface area (Å²) in [4.78, 5) is 27.5. The average Bonchev–Trinajstić information content (AvgIpc) is 2.82. The van der Waals surface area contributed by atoms with E-state index in [-0.39, 0.29) is 11.9 Å². The van der Waals surface area contributed by atoms with Crippen LogP contribution in [0.1, 0.15) is 40.1 Å². The Morgan fingerprint density at radius 1 is 1.15 bits per heavy atom. The van der Waals surface area contributed by atoms with Crippen LogP contribution in [0.4, 0.5) is 0 Å². The molecule has 7 heteroatoms. The molecular formula is C26H32N4O3. The molecule has 2 atom stereocenters. The Bertz CT molecular complexity index is 1040. The number of likely N-dealkylation sites (N-methyl/N-ethyl adjacent to an activating group) is 1. The topological polar surface area (TPSA) is 111 Å². The minimum Gasteiger partial charge on any atom is -0.469 e. The van der Waals surface area contributed by atoms with Crippen molar-refractivity contribution in [2.45, 2.75) is 25.6 Å². The van der Waals surface area contributed by atoms with E-state index >= 15 is 0 Å². The number of carbonyl (C=O) groups excluding carboxylic acids is 2. The van der Waals surface area contributed by atoms with Gasteiger partial charge in [0.15, 0.2) is 0 Å². The third kappa shape index (κ3) is 6.31. The van der Waals surface area contributed by atoms with Gasteiger partial charge in [-0.15, -0.1) is 0 Å². The molecule has 0 saturated carbocycles. The predicted molar refractivity (Wildman–Crippen MR) is 130 cm³/mol. The van der Waals surface area contributed by atoms with E-state index in [1.807, 2.05) is 55.7 Å². The Kier molecular flexibility index (Phi) is 8.03. The fraction of sp³-hybridized carbons (Fsp3) is 0.308. The molecule has 5 N–H and O–H groups in total. The van der Waals surface area contributed by atoms with E-state index in [9.17, 15) is 9.59 Å². The van der Waals surface area contributed by atoms with Gasteiger partial charge in [-0.3, -0.25) is 9.59 Å². The molecule has 0 bridgehead atoms. The normalized spacial score (nSPS) is 15.1. The number of ether oxygens (including phenoxy) is 1. The van der Waals surface area contributed by atoms with Crippen LogP contribution >= 0.6 is 0 Å². The molecule has 2 aromatic carbocycles. The van der Waals surface area contributed by atoms with Gasteiger partial charge in [0, 0.05) is 25.2 Å². The molecule has 0 saturated heterocycles. The number of carbonyl (C=O) groups is 2. The number of nitrogens with two attached hydrogens (primary N) is 2. The molecule has 2 aromatic rings. The molecule has 33 heavy (non-hydrogen) atoms. The van der Waals surface area contributed by atoms with Crippen LogP contribution in [0, 0.1) is 5.92 Å². The quantitative estimate of drug-likeness (QED) is 0.423. The van der Waals surface area contributed by atoms with Crippen molar-refractivity contribution < 1.29 is 14.3 Å². The second kappa shape index (κ2) is 10.9. The Morgan fingerprint density at radius 3 is 2.48 bits per heavy atom. The van der Waals surface area contributed by atoms with Crippen molar-refractivity contribution in [1.82, 2.24) is 10.2 Å². The first-order valence-electron chi connectivity index (χ1n) is 11.0. The maximum absolute atomic E-state index is 12.9. The van der Waals surface area contributed by atoms with Crippen LogP contribution < -0.4 is 16.8 Å². The third-order valence-corrected chi connectivity index (χ3v) is 5.85. The summed E-state index contributed by atoms with van der Waals surface area (Å²) in [5.74, 6) is -1.19. The van der Waals surface area contributed by atoms with Crippen molar-refractivity contribution in [1.29, 1.82) is 0 Å². The maximum Gasteiger partial charge on any atom is 0.311 e. The van der Waals surface area contributed by atoms with Gasteiger partial charge in [-0.05, 0) is 60.0 Å². The van der Waals surface area contributed by atoms with E-state index in [0.717, 1.165) is 28.8 Å². The number of rotatable bonds is 8. The zero-order valence-corrected chi connectivity index (χ0v) is 19.3. The van der Waals surface area contributed by atoms with Crippen LogP contribution in [0.5, 0.6) is 0 Å². The minimum atomic E-state index is -0.595. The van der Waals surface area contributed by atoms with Crippen LogP contribution in [-0.4, -0.2) is 43.5 Å².